The van der Waals surface area contributed by atoms with E-state index in [1.165, 1.54) is 50.3 Å². The normalized spacial score (nSPS) is 42.0. The number of rotatable bonds is 4. The lowest BCUT2D eigenvalue weighted by Crippen LogP contribution is -2.50. The van der Waals surface area contributed by atoms with E-state index in [0.29, 0.717) is 0 Å². The second kappa shape index (κ2) is 6.04. The Morgan fingerprint density at radius 3 is 2.38 bits per heavy atom. The summed E-state index contributed by atoms with van der Waals surface area (Å²) in [7, 11) is 0. The van der Waals surface area contributed by atoms with Crippen LogP contribution in [0.4, 0.5) is 0 Å². The van der Waals surface area contributed by atoms with Crippen LogP contribution in [0.5, 0.6) is 0 Å². The largest absolute Gasteiger partial charge is 0.354 e. The Hall–Kier alpha value is -1.04. The van der Waals surface area contributed by atoms with Crippen molar-refractivity contribution in [1.82, 2.24) is 10.6 Å². The summed E-state index contributed by atoms with van der Waals surface area (Å²) in [5, 5.41) is 6.21. The summed E-state index contributed by atoms with van der Waals surface area (Å²) in [5.74, 6) is 2.40. The van der Waals surface area contributed by atoms with E-state index in [-0.39, 0.29) is 35.1 Å². The minimum atomic E-state index is -0.337. The Balaban J connectivity index is 1.43. The average molecular weight is 350 g/mol. The van der Waals surface area contributed by atoms with Crippen molar-refractivity contribution in [3.8, 4) is 0 Å². The first-order chi connectivity index (χ1) is 11.4. The van der Waals surface area contributed by atoms with Gasteiger partial charge in [-0.05, 0) is 70.1 Å². The molecule has 0 radical (unpaired) electrons. The van der Waals surface area contributed by atoms with Crippen LogP contribution in [-0.4, -0.2) is 33.8 Å². The lowest BCUT2D eigenvalue weighted by molar-refractivity contribution is -0.125. The van der Waals surface area contributed by atoms with E-state index in [1.54, 1.807) is 0 Å². The summed E-state index contributed by atoms with van der Waals surface area (Å²) in [5.41, 5.74) is 0.0689. The molecule has 1 atom stereocenters. The first kappa shape index (κ1) is 16.4. The van der Waals surface area contributed by atoms with Crippen LogP contribution in [-0.2, 0) is 9.59 Å². The van der Waals surface area contributed by atoms with Crippen LogP contribution in [0.1, 0.15) is 58.8 Å². The number of hydrogen-bond donors (Lipinski definition) is 2. The summed E-state index contributed by atoms with van der Waals surface area (Å²) in [6.45, 7) is 3.86. The maximum atomic E-state index is 12.2. The molecule has 24 heavy (non-hydrogen) atoms. The third-order valence-corrected chi connectivity index (χ3v) is 7.02. The molecule has 1 unspecified atom stereocenters. The summed E-state index contributed by atoms with van der Waals surface area (Å²) in [6.07, 6.45) is 7.98. The fraction of sp³-hybridized carbons (Fsp3) is 0.833. The molecule has 0 aromatic carbocycles. The van der Waals surface area contributed by atoms with Crippen LogP contribution >= 0.6 is 11.8 Å². The minimum Gasteiger partial charge on any atom is -0.354 e. The summed E-state index contributed by atoms with van der Waals surface area (Å²) >= 11 is 1.45. The Kier molecular flexibility index (Phi) is 4.14. The van der Waals surface area contributed by atoms with Crippen molar-refractivity contribution in [3.63, 3.8) is 0 Å². The Morgan fingerprint density at radius 1 is 1.25 bits per heavy atom. The van der Waals surface area contributed by atoms with E-state index in [4.69, 9.17) is 4.99 Å². The van der Waals surface area contributed by atoms with E-state index in [1.807, 2.05) is 13.8 Å². The topological polar surface area (TPSA) is 70.6 Å². The Labute approximate surface area is 147 Å². The van der Waals surface area contributed by atoms with Gasteiger partial charge < -0.3 is 10.6 Å². The molecule has 5 nitrogen and oxygen atoms in total. The van der Waals surface area contributed by atoms with Gasteiger partial charge in [0.15, 0.2) is 5.17 Å². The van der Waals surface area contributed by atoms with Crippen molar-refractivity contribution >= 4 is 28.7 Å². The predicted molar refractivity (Wildman–Crippen MR) is 95.8 cm³/mol. The molecule has 5 rings (SSSR count). The molecule has 4 aliphatic carbocycles. The monoisotopic (exact) mass is 349 g/mol. The van der Waals surface area contributed by atoms with E-state index >= 15 is 0 Å². The van der Waals surface area contributed by atoms with Gasteiger partial charge in [0.1, 0.15) is 5.25 Å². The van der Waals surface area contributed by atoms with Crippen molar-refractivity contribution in [2.24, 2.45) is 22.7 Å². The molecule has 0 aromatic rings. The number of amidine groups is 1. The molecule has 0 spiro atoms. The summed E-state index contributed by atoms with van der Waals surface area (Å²) < 4.78 is 0. The highest BCUT2D eigenvalue weighted by atomic mass is 32.2. The molecule has 1 aliphatic heterocycles. The van der Waals surface area contributed by atoms with Gasteiger partial charge in [-0.15, -0.1) is 0 Å². The maximum absolute atomic E-state index is 12.2. The molecule has 1 heterocycles. The van der Waals surface area contributed by atoms with Gasteiger partial charge in [0.05, 0.1) is 5.54 Å². The number of hydrogen-bond acceptors (Lipinski definition) is 4. The van der Waals surface area contributed by atoms with Gasteiger partial charge in [-0.1, -0.05) is 11.8 Å². The zero-order chi connectivity index (χ0) is 16.9. The SMILES string of the molecule is CC(C)NC(=O)CC1SC(=NC23CC4CC(CC(C4)C2)C3)NC1=O. The first-order valence-corrected chi connectivity index (χ1v) is 10.2. The van der Waals surface area contributed by atoms with Gasteiger partial charge in [0.2, 0.25) is 11.8 Å². The fourth-order valence-corrected chi connectivity index (χ4v) is 6.63. The number of aliphatic imine (C=N–C) groups is 1. The molecule has 5 aliphatic rings. The number of thioether (sulfide) groups is 1. The molecule has 4 saturated carbocycles. The van der Waals surface area contributed by atoms with Crippen LogP contribution in [0.15, 0.2) is 4.99 Å². The molecule has 6 heteroatoms. The van der Waals surface area contributed by atoms with Crippen molar-refractivity contribution in [2.75, 3.05) is 0 Å². The van der Waals surface area contributed by atoms with Gasteiger partial charge in [-0.2, -0.15) is 0 Å². The quantitative estimate of drug-likeness (QED) is 0.819. The van der Waals surface area contributed by atoms with Crippen molar-refractivity contribution in [1.29, 1.82) is 0 Å². The van der Waals surface area contributed by atoms with E-state index in [0.717, 1.165) is 22.9 Å². The first-order valence-electron chi connectivity index (χ1n) is 9.27. The van der Waals surface area contributed by atoms with Crippen molar-refractivity contribution < 1.29 is 9.59 Å². The average Bonchev–Trinajstić information content (AvgIpc) is 2.74. The maximum Gasteiger partial charge on any atom is 0.240 e. The summed E-state index contributed by atoms with van der Waals surface area (Å²) in [6, 6.07) is 0.104. The molecule has 2 amide bonds. The van der Waals surface area contributed by atoms with Crippen LogP contribution < -0.4 is 10.6 Å². The van der Waals surface area contributed by atoms with Gasteiger partial charge in [-0.3, -0.25) is 14.6 Å². The highest BCUT2D eigenvalue weighted by Gasteiger charge is 2.51. The van der Waals surface area contributed by atoms with Gasteiger partial charge in [0, 0.05) is 12.5 Å². The zero-order valence-corrected chi connectivity index (χ0v) is 15.3. The van der Waals surface area contributed by atoms with Gasteiger partial charge in [0.25, 0.3) is 0 Å². The number of amides is 2. The Bertz CT molecular complexity index is 552. The lowest BCUT2D eigenvalue weighted by Gasteiger charge is -2.55. The standard InChI is InChI=1S/C18H27N3O2S/c1-10(2)19-15(22)6-14-16(23)20-17(24-14)21-18-7-11-3-12(8-18)5-13(4-11)9-18/h10-14H,3-9H2,1-2H3,(H,19,22)(H,20,21,23). The minimum absolute atomic E-state index is 0.0614. The number of nitrogens with one attached hydrogen (secondary N) is 2. The molecule has 5 fully saturated rings. The van der Waals surface area contributed by atoms with Crippen LogP contribution in [0.3, 0.4) is 0 Å². The molecule has 1 saturated heterocycles. The number of nitrogens with zero attached hydrogens (tertiary/aromatic N) is 1. The highest BCUT2D eigenvalue weighted by Crippen LogP contribution is 2.57. The van der Waals surface area contributed by atoms with Gasteiger partial charge >= 0.3 is 0 Å². The number of carbonyl (C=O) groups is 2. The van der Waals surface area contributed by atoms with E-state index < -0.39 is 0 Å². The van der Waals surface area contributed by atoms with E-state index in [2.05, 4.69) is 10.6 Å². The van der Waals surface area contributed by atoms with Crippen LogP contribution in [0, 0.1) is 17.8 Å². The van der Waals surface area contributed by atoms with E-state index in [9.17, 15) is 9.59 Å². The van der Waals surface area contributed by atoms with Crippen LogP contribution in [0.2, 0.25) is 0 Å². The summed E-state index contributed by atoms with van der Waals surface area (Å²) in [4.78, 5) is 29.2. The smallest absolute Gasteiger partial charge is 0.240 e. The second-order valence-corrected chi connectivity index (χ2v) is 9.77. The van der Waals surface area contributed by atoms with Crippen LogP contribution in [0.25, 0.3) is 0 Å². The fourth-order valence-electron chi connectivity index (χ4n) is 5.56. The zero-order valence-electron chi connectivity index (χ0n) is 14.5. The molecule has 4 bridgehead atoms. The highest BCUT2D eigenvalue weighted by molar-refractivity contribution is 8.15. The molecular weight excluding hydrogens is 322 g/mol. The number of carbonyl (C=O) groups excluding carboxylic acids is 2. The second-order valence-electron chi connectivity index (χ2n) is 8.58. The predicted octanol–water partition coefficient (Wildman–Crippen LogP) is 2.46. The molecule has 2 N–H and O–H groups in total. The molecule has 0 aromatic heterocycles. The third kappa shape index (κ3) is 3.22. The van der Waals surface area contributed by atoms with Crippen molar-refractivity contribution in [3.05, 3.63) is 0 Å². The third-order valence-electron chi connectivity index (χ3n) is 5.94. The lowest BCUT2D eigenvalue weighted by atomic mass is 9.53. The Morgan fingerprint density at radius 2 is 1.83 bits per heavy atom. The molecule has 132 valence electrons. The van der Waals surface area contributed by atoms with Crippen molar-refractivity contribution in [2.45, 2.75) is 75.6 Å². The van der Waals surface area contributed by atoms with Gasteiger partial charge in [-0.25, -0.2) is 0 Å². The molecular formula is C18H27N3O2S.